The molecule has 3 heteroatoms. The molecule has 2 rings (SSSR count). The molecule has 2 atom stereocenters. The second kappa shape index (κ2) is 6.21. The molecule has 1 aliphatic heterocycles. The van der Waals surface area contributed by atoms with Gasteiger partial charge in [0.2, 0.25) is 0 Å². The minimum absolute atomic E-state index is 0.341. The molecule has 1 aromatic carbocycles. The summed E-state index contributed by atoms with van der Waals surface area (Å²) in [5, 5.41) is 0. The van der Waals surface area contributed by atoms with Crippen molar-refractivity contribution in [3.05, 3.63) is 29.8 Å². The van der Waals surface area contributed by atoms with Crippen molar-refractivity contribution in [3.63, 3.8) is 0 Å². The summed E-state index contributed by atoms with van der Waals surface area (Å²) < 4.78 is 5.86. The predicted octanol–water partition coefficient (Wildman–Crippen LogP) is 2.51. The van der Waals surface area contributed by atoms with Crippen LogP contribution in [0.1, 0.15) is 32.3 Å². The quantitative estimate of drug-likeness (QED) is 0.622. The van der Waals surface area contributed by atoms with Crippen molar-refractivity contribution in [2.24, 2.45) is 17.7 Å². The van der Waals surface area contributed by atoms with E-state index in [2.05, 4.69) is 31.4 Å². The Morgan fingerprint density at radius 2 is 2.06 bits per heavy atom. The topological polar surface area (TPSA) is 47.3 Å². The number of ether oxygens (including phenoxy) is 1. The van der Waals surface area contributed by atoms with Crippen LogP contribution in [0.2, 0.25) is 0 Å². The molecule has 100 valence electrons. The Morgan fingerprint density at radius 3 is 2.72 bits per heavy atom. The van der Waals surface area contributed by atoms with Crippen LogP contribution in [0.4, 0.5) is 0 Å². The molecule has 3 nitrogen and oxygen atoms in total. The van der Waals surface area contributed by atoms with E-state index in [4.69, 9.17) is 10.6 Å². The lowest BCUT2D eigenvalue weighted by atomic mass is 9.81. The first-order chi connectivity index (χ1) is 8.80. The minimum Gasteiger partial charge on any atom is -0.493 e. The van der Waals surface area contributed by atoms with E-state index < -0.39 is 0 Å². The van der Waals surface area contributed by atoms with E-state index in [1.165, 1.54) is 5.56 Å². The normalized spacial score (nSPS) is 20.3. The third kappa shape index (κ3) is 2.68. The van der Waals surface area contributed by atoms with E-state index in [9.17, 15) is 0 Å². The van der Waals surface area contributed by atoms with Gasteiger partial charge in [-0.25, -0.2) is 0 Å². The molecule has 0 aromatic heterocycles. The number of fused-ring (bicyclic) bond motifs is 1. The molecular formula is C15H24N2O. The molecule has 0 fully saturated rings. The minimum atomic E-state index is 0.341. The molecule has 0 saturated heterocycles. The van der Waals surface area contributed by atoms with Crippen LogP contribution >= 0.6 is 0 Å². The maximum absolute atomic E-state index is 5.86. The largest absolute Gasteiger partial charge is 0.493 e. The lowest BCUT2D eigenvalue weighted by Gasteiger charge is -2.35. The SMILES string of the molecule is CCC(CC)C(NN)C1COc2ccccc2C1. The van der Waals surface area contributed by atoms with Gasteiger partial charge in [0.25, 0.3) is 0 Å². The fourth-order valence-electron chi connectivity index (χ4n) is 3.04. The fraction of sp³-hybridized carbons (Fsp3) is 0.600. The summed E-state index contributed by atoms with van der Waals surface area (Å²) >= 11 is 0. The van der Waals surface area contributed by atoms with Crippen LogP contribution in [0.15, 0.2) is 24.3 Å². The molecule has 18 heavy (non-hydrogen) atoms. The standard InChI is InChI=1S/C15H24N2O/c1-3-11(4-2)15(17-16)13-9-12-7-5-6-8-14(12)18-10-13/h5-8,11,13,15,17H,3-4,9-10,16H2,1-2H3. The van der Waals surface area contributed by atoms with Crippen molar-refractivity contribution in [2.45, 2.75) is 39.2 Å². The van der Waals surface area contributed by atoms with Gasteiger partial charge in [-0.1, -0.05) is 44.9 Å². The molecule has 1 aliphatic rings. The van der Waals surface area contributed by atoms with Crippen LogP contribution in [0, 0.1) is 11.8 Å². The van der Waals surface area contributed by atoms with E-state index in [0.717, 1.165) is 31.6 Å². The zero-order valence-corrected chi connectivity index (χ0v) is 11.4. The van der Waals surface area contributed by atoms with Gasteiger partial charge in [-0.15, -0.1) is 0 Å². The van der Waals surface area contributed by atoms with Gasteiger partial charge in [0.05, 0.1) is 6.61 Å². The highest BCUT2D eigenvalue weighted by molar-refractivity contribution is 5.35. The summed E-state index contributed by atoms with van der Waals surface area (Å²) in [6.45, 7) is 5.23. The van der Waals surface area contributed by atoms with Gasteiger partial charge in [0, 0.05) is 12.0 Å². The fourth-order valence-corrected chi connectivity index (χ4v) is 3.04. The molecule has 1 aromatic rings. The monoisotopic (exact) mass is 248 g/mol. The number of para-hydroxylation sites is 1. The number of nitrogens with two attached hydrogens (primary N) is 1. The molecule has 0 aliphatic carbocycles. The highest BCUT2D eigenvalue weighted by Crippen LogP contribution is 2.31. The first-order valence-corrected chi connectivity index (χ1v) is 6.96. The van der Waals surface area contributed by atoms with E-state index in [1.807, 2.05) is 12.1 Å². The summed E-state index contributed by atoms with van der Waals surface area (Å²) in [4.78, 5) is 0. The number of nitrogens with one attached hydrogen (secondary N) is 1. The van der Waals surface area contributed by atoms with Crippen LogP contribution in [0.5, 0.6) is 5.75 Å². The second-order valence-corrected chi connectivity index (χ2v) is 5.15. The Hall–Kier alpha value is -1.06. The first kappa shape index (κ1) is 13.4. The third-order valence-electron chi connectivity index (χ3n) is 4.16. The van der Waals surface area contributed by atoms with Crippen LogP contribution in [-0.2, 0) is 6.42 Å². The van der Waals surface area contributed by atoms with Crippen LogP contribution in [0.3, 0.4) is 0 Å². The number of hydrazine groups is 1. The zero-order valence-electron chi connectivity index (χ0n) is 11.4. The molecule has 2 unspecified atom stereocenters. The zero-order chi connectivity index (χ0) is 13.0. The Labute approximate surface area is 110 Å². The smallest absolute Gasteiger partial charge is 0.122 e. The van der Waals surface area contributed by atoms with Crippen molar-refractivity contribution >= 4 is 0 Å². The molecular weight excluding hydrogens is 224 g/mol. The maximum Gasteiger partial charge on any atom is 0.122 e. The lowest BCUT2D eigenvalue weighted by Crippen LogP contribution is -2.49. The van der Waals surface area contributed by atoms with Gasteiger partial charge in [-0.05, 0) is 24.0 Å². The Kier molecular flexibility index (Phi) is 4.61. The van der Waals surface area contributed by atoms with Crippen molar-refractivity contribution in [3.8, 4) is 5.75 Å². The van der Waals surface area contributed by atoms with Gasteiger partial charge < -0.3 is 4.74 Å². The van der Waals surface area contributed by atoms with Gasteiger partial charge in [0.1, 0.15) is 5.75 Å². The highest BCUT2D eigenvalue weighted by Gasteiger charge is 2.30. The second-order valence-electron chi connectivity index (χ2n) is 5.15. The third-order valence-corrected chi connectivity index (χ3v) is 4.16. The van der Waals surface area contributed by atoms with Gasteiger partial charge in [0.15, 0.2) is 0 Å². The van der Waals surface area contributed by atoms with Gasteiger partial charge in [-0.3, -0.25) is 11.3 Å². The summed E-state index contributed by atoms with van der Waals surface area (Å²) in [6, 6.07) is 8.65. The number of rotatable bonds is 5. The van der Waals surface area contributed by atoms with Gasteiger partial charge in [-0.2, -0.15) is 0 Å². The predicted molar refractivity (Wildman–Crippen MR) is 74.3 cm³/mol. The molecule has 0 radical (unpaired) electrons. The molecule has 0 spiro atoms. The lowest BCUT2D eigenvalue weighted by molar-refractivity contribution is 0.148. The average Bonchev–Trinajstić information content (AvgIpc) is 2.44. The Balaban J connectivity index is 2.11. The highest BCUT2D eigenvalue weighted by atomic mass is 16.5. The van der Waals surface area contributed by atoms with E-state index in [-0.39, 0.29) is 0 Å². The number of benzene rings is 1. The van der Waals surface area contributed by atoms with Crippen molar-refractivity contribution in [2.75, 3.05) is 6.61 Å². The van der Waals surface area contributed by atoms with Gasteiger partial charge >= 0.3 is 0 Å². The molecule has 0 bridgehead atoms. The van der Waals surface area contributed by atoms with Crippen LogP contribution < -0.4 is 16.0 Å². The van der Waals surface area contributed by atoms with E-state index >= 15 is 0 Å². The summed E-state index contributed by atoms with van der Waals surface area (Å²) in [7, 11) is 0. The number of hydrogen-bond donors (Lipinski definition) is 2. The van der Waals surface area contributed by atoms with Crippen molar-refractivity contribution < 1.29 is 4.74 Å². The molecule has 3 N–H and O–H groups in total. The van der Waals surface area contributed by atoms with Crippen LogP contribution in [0.25, 0.3) is 0 Å². The van der Waals surface area contributed by atoms with E-state index in [0.29, 0.717) is 17.9 Å². The Morgan fingerprint density at radius 1 is 1.33 bits per heavy atom. The molecule has 0 amide bonds. The van der Waals surface area contributed by atoms with E-state index in [1.54, 1.807) is 0 Å². The molecule has 0 saturated carbocycles. The molecule has 1 heterocycles. The average molecular weight is 248 g/mol. The first-order valence-electron chi connectivity index (χ1n) is 6.96. The number of hydrogen-bond acceptors (Lipinski definition) is 3. The van der Waals surface area contributed by atoms with Crippen molar-refractivity contribution in [1.82, 2.24) is 5.43 Å². The van der Waals surface area contributed by atoms with Crippen molar-refractivity contribution in [1.29, 1.82) is 0 Å². The Bertz CT molecular complexity index is 377. The summed E-state index contributed by atoms with van der Waals surface area (Å²) in [5.41, 5.74) is 4.33. The van der Waals surface area contributed by atoms with Crippen LogP contribution in [-0.4, -0.2) is 12.6 Å². The summed E-state index contributed by atoms with van der Waals surface area (Å²) in [6.07, 6.45) is 3.37. The maximum atomic E-state index is 5.86. The summed E-state index contributed by atoms with van der Waals surface area (Å²) in [5.74, 6) is 7.89.